The van der Waals surface area contributed by atoms with Gasteiger partial charge in [0.15, 0.2) is 0 Å². The monoisotopic (exact) mass is 459 g/mol. The van der Waals surface area contributed by atoms with Crippen LogP contribution in [0.15, 0.2) is 36.4 Å². The molecule has 1 aromatic carbocycles. The summed E-state index contributed by atoms with van der Waals surface area (Å²) in [6, 6.07) is 6.89. The summed E-state index contributed by atoms with van der Waals surface area (Å²) >= 11 is 0. The van der Waals surface area contributed by atoms with Crippen LogP contribution in [0.4, 0.5) is 5.69 Å². The second-order valence-electron chi connectivity index (χ2n) is 8.69. The molecule has 2 rings (SSSR count). The highest BCUT2D eigenvalue weighted by Gasteiger charge is 2.36. The molecule has 9 heteroatoms. The SMILES string of the molecule is COS(=O)(=O)CCCC=CCC1CCS(=O)(=O)N1c1ccc(C(O)C(C)(C)C)cc1. The first kappa shape index (κ1) is 24.8. The van der Waals surface area contributed by atoms with Crippen molar-refractivity contribution < 1.29 is 26.1 Å². The van der Waals surface area contributed by atoms with E-state index in [2.05, 4.69) is 4.18 Å². The molecule has 1 aromatic rings. The Hall–Kier alpha value is -1.42. The van der Waals surface area contributed by atoms with Gasteiger partial charge in [0, 0.05) is 6.04 Å². The Bertz CT molecular complexity index is 931. The number of allylic oxidation sites excluding steroid dienone is 1. The minimum Gasteiger partial charge on any atom is -0.388 e. The van der Waals surface area contributed by atoms with Crippen molar-refractivity contribution in [3.8, 4) is 0 Å². The zero-order valence-electron chi connectivity index (χ0n) is 18.1. The normalized spacial score (nSPS) is 20.7. The van der Waals surface area contributed by atoms with Gasteiger partial charge in [0.1, 0.15) is 0 Å². The Kier molecular flexibility index (Phi) is 8.12. The molecule has 0 aromatic heterocycles. The Balaban J connectivity index is 2.04. The van der Waals surface area contributed by atoms with Crippen LogP contribution in [0.1, 0.15) is 58.1 Å². The van der Waals surface area contributed by atoms with Crippen molar-refractivity contribution in [2.24, 2.45) is 5.41 Å². The van der Waals surface area contributed by atoms with Crippen LogP contribution in [-0.4, -0.2) is 46.6 Å². The van der Waals surface area contributed by atoms with E-state index in [0.717, 1.165) is 12.7 Å². The largest absolute Gasteiger partial charge is 0.388 e. The van der Waals surface area contributed by atoms with Crippen molar-refractivity contribution >= 4 is 25.8 Å². The molecule has 1 aliphatic heterocycles. The minimum absolute atomic E-state index is 0.0372. The molecule has 0 aliphatic carbocycles. The van der Waals surface area contributed by atoms with Crippen molar-refractivity contribution in [2.45, 2.75) is 58.6 Å². The summed E-state index contributed by atoms with van der Waals surface area (Å²) in [5.74, 6) is 0.0640. The fraction of sp³-hybridized carbons (Fsp3) is 0.619. The third-order valence-corrected chi connectivity index (χ3v) is 8.37. The third-order valence-electron chi connectivity index (χ3n) is 5.22. The van der Waals surface area contributed by atoms with E-state index >= 15 is 0 Å². The lowest BCUT2D eigenvalue weighted by Crippen LogP contribution is -2.32. The zero-order chi connectivity index (χ0) is 22.6. The van der Waals surface area contributed by atoms with Crippen molar-refractivity contribution in [2.75, 3.05) is 22.9 Å². The Labute approximate surface area is 180 Å². The van der Waals surface area contributed by atoms with Gasteiger partial charge in [0.25, 0.3) is 10.1 Å². The number of hydrogen-bond acceptors (Lipinski definition) is 6. The van der Waals surface area contributed by atoms with Crippen LogP contribution in [0.5, 0.6) is 0 Å². The van der Waals surface area contributed by atoms with Gasteiger partial charge in [-0.05, 0) is 48.8 Å². The van der Waals surface area contributed by atoms with Crippen molar-refractivity contribution in [1.82, 2.24) is 0 Å². The lowest BCUT2D eigenvalue weighted by atomic mass is 9.85. The predicted molar refractivity (Wildman–Crippen MR) is 119 cm³/mol. The van der Waals surface area contributed by atoms with Gasteiger partial charge in [-0.15, -0.1) is 0 Å². The van der Waals surface area contributed by atoms with Crippen molar-refractivity contribution in [3.05, 3.63) is 42.0 Å². The molecular weight excluding hydrogens is 426 g/mol. The number of benzene rings is 1. The van der Waals surface area contributed by atoms with Gasteiger partial charge in [-0.2, -0.15) is 8.42 Å². The van der Waals surface area contributed by atoms with E-state index in [0.29, 0.717) is 31.4 Å². The van der Waals surface area contributed by atoms with Crippen LogP contribution >= 0.6 is 0 Å². The standard InChI is InChI=1S/C21H33NO6S2/c1-21(2,3)20(23)17-10-12-19(13-11-17)22-18(14-16-29(22,24)25)9-7-5-6-8-15-30(26,27)28-4/h5,7,10-13,18,20,23H,6,8-9,14-16H2,1-4H3. The molecule has 170 valence electrons. The lowest BCUT2D eigenvalue weighted by Gasteiger charge is -2.28. The van der Waals surface area contributed by atoms with Gasteiger partial charge in [-0.3, -0.25) is 8.49 Å². The zero-order valence-corrected chi connectivity index (χ0v) is 19.7. The molecule has 0 spiro atoms. The topological polar surface area (TPSA) is 101 Å². The highest BCUT2D eigenvalue weighted by molar-refractivity contribution is 7.93. The summed E-state index contributed by atoms with van der Waals surface area (Å²) < 4.78 is 53.7. The maximum Gasteiger partial charge on any atom is 0.267 e. The average molecular weight is 460 g/mol. The summed E-state index contributed by atoms with van der Waals surface area (Å²) in [4.78, 5) is 0. The number of aliphatic hydroxyl groups is 1. The van der Waals surface area contributed by atoms with Crippen LogP contribution in [0.3, 0.4) is 0 Å². The number of nitrogens with zero attached hydrogens (tertiary/aromatic N) is 1. The van der Waals surface area contributed by atoms with Gasteiger partial charge in [-0.25, -0.2) is 8.42 Å². The van der Waals surface area contributed by atoms with E-state index in [1.54, 1.807) is 24.3 Å². The quantitative estimate of drug-likeness (QED) is 0.345. The van der Waals surface area contributed by atoms with Gasteiger partial charge in [0.2, 0.25) is 10.0 Å². The second-order valence-corrected chi connectivity index (χ2v) is 12.5. The Morgan fingerprint density at radius 1 is 1.23 bits per heavy atom. The number of rotatable bonds is 9. The highest BCUT2D eigenvalue weighted by Crippen LogP contribution is 2.35. The molecule has 1 saturated heterocycles. The predicted octanol–water partition coefficient (Wildman–Crippen LogP) is 3.38. The molecule has 1 aliphatic rings. The van der Waals surface area contributed by atoms with E-state index in [1.165, 1.54) is 4.31 Å². The molecule has 1 N–H and O–H groups in total. The van der Waals surface area contributed by atoms with Gasteiger partial charge < -0.3 is 5.11 Å². The molecule has 0 bridgehead atoms. The van der Waals surface area contributed by atoms with E-state index in [4.69, 9.17) is 0 Å². The van der Waals surface area contributed by atoms with Gasteiger partial charge in [0.05, 0.1) is 30.4 Å². The van der Waals surface area contributed by atoms with E-state index < -0.39 is 26.2 Å². The molecular formula is C21H33NO6S2. The summed E-state index contributed by atoms with van der Waals surface area (Å²) in [7, 11) is -5.67. The molecule has 2 atom stereocenters. The molecule has 30 heavy (non-hydrogen) atoms. The summed E-state index contributed by atoms with van der Waals surface area (Å²) in [6.45, 7) is 5.84. The van der Waals surface area contributed by atoms with Gasteiger partial charge in [-0.1, -0.05) is 45.1 Å². The molecule has 7 nitrogen and oxygen atoms in total. The van der Waals surface area contributed by atoms with E-state index in [9.17, 15) is 21.9 Å². The van der Waals surface area contributed by atoms with Crippen molar-refractivity contribution in [3.63, 3.8) is 0 Å². The second kappa shape index (κ2) is 9.80. The maximum absolute atomic E-state index is 12.6. The first-order valence-corrected chi connectivity index (χ1v) is 13.3. The molecule has 2 unspecified atom stereocenters. The molecule has 0 amide bonds. The van der Waals surface area contributed by atoms with Gasteiger partial charge >= 0.3 is 0 Å². The molecule has 1 heterocycles. The number of aliphatic hydroxyl groups excluding tert-OH is 1. The number of hydrogen-bond donors (Lipinski definition) is 1. The first-order chi connectivity index (χ1) is 13.9. The van der Waals surface area contributed by atoms with Crippen LogP contribution in [0.2, 0.25) is 0 Å². The minimum atomic E-state index is -3.44. The lowest BCUT2D eigenvalue weighted by molar-refractivity contribution is 0.0627. The maximum atomic E-state index is 12.6. The fourth-order valence-electron chi connectivity index (χ4n) is 3.45. The summed E-state index contributed by atoms with van der Waals surface area (Å²) in [6.07, 6.45) is 5.30. The smallest absolute Gasteiger partial charge is 0.267 e. The van der Waals surface area contributed by atoms with Crippen LogP contribution in [0, 0.1) is 5.41 Å². The third kappa shape index (κ3) is 6.54. The molecule has 1 fully saturated rings. The van der Waals surface area contributed by atoms with E-state index in [-0.39, 0.29) is 23.0 Å². The highest BCUT2D eigenvalue weighted by atomic mass is 32.2. The molecule has 0 saturated carbocycles. The summed E-state index contributed by atoms with van der Waals surface area (Å²) in [5, 5.41) is 10.4. The van der Waals surface area contributed by atoms with Crippen LogP contribution < -0.4 is 4.31 Å². The number of anilines is 1. The van der Waals surface area contributed by atoms with Crippen LogP contribution in [-0.2, 0) is 24.3 Å². The first-order valence-electron chi connectivity index (χ1n) is 10.1. The Morgan fingerprint density at radius 2 is 1.87 bits per heavy atom. The number of sulfonamides is 1. The molecule has 0 radical (unpaired) electrons. The van der Waals surface area contributed by atoms with E-state index in [1.807, 2.05) is 32.9 Å². The average Bonchev–Trinajstić information content (AvgIpc) is 2.97. The summed E-state index contributed by atoms with van der Waals surface area (Å²) in [5.41, 5.74) is 1.05. The van der Waals surface area contributed by atoms with Crippen LogP contribution in [0.25, 0.3) is 0 Å². The van der Waals surface area contributed by atoms with Crippen molar-refractivity contribution in [1.29, 1.82) is 0 Å². The number of unbranched alkanes of at least 4 members (excludes halogenated alkanes) is 1. The fourth-order valence-corrected chi connectivity index (χ4v) is 5.99. The Morgan fingerprint density at radius 3 is 2.43 bits per heavy atom.